The van der Waals surface area contributed by atoms with Crippen molar-refractivity contribution in [1.82, 2.24) is 4.98 Å². The van der Waals surface area contributed by atoms with Gasteiger partial charge in [0.15, 0.2) is 6.10 Å². The summed E-state index contributed by atoms with van der Waals surface area (Å²) in [6.07, 6.45) is -0.827. The van der Waals surface area contributed by atoms with Gasteiger partial charge in [0.05, 0.1) is 17.7 Å². The number of fused-ring (bicyclic) bond motifs is 1. The molecule has 4 heteroatoms. The van der Waals surface area contributed by atoms with Crippen LogP contribution in [0.25, 0.3) is 22.0 Å². The Kier molecular flexibility index (Phi) is 6.27. The molecule has 0 radical (unpaired) electrons. The van der Waals surface area contributed by atoms with Crippen molar-refractivity contribution < 1.29 is 14.3 Å². The minimum atomic E-state index is -0.827. The SMILES string of the molecule is CCOC(=O)[C@@H](OC(C)(C)C)c1c(C)cc2nc(C)ccc2c1-c1ccc(C)cc1. The van der Waals surface area contributed by atoms with Gasteiger partial charge >= 0.3 is 5.97 Å². The summed E-state index contributed by atoms with van der Waals surface area (Å²) in [5.41, 5.74) is 6.32. The van der Waals surface area contributed by atoms with E-state index in [1.165, 1.54) is 5.56 Å². The van der Waals surface area contributed by atoms with Crippen LogP contribution < -0.4 is 0 Å². The number of nitrogens with zero attached hydrogens (tertiary/aromatic N) is 1. The van der Waals surface area contributed by atoms with Crippen LogP contribution in [0.2, 0.25) is 0 Å². The third-order valence-corrected chi connectivity index (χ3v) is 4.96. The molecule has 0 aliphatic rings. The number of ether oxygens (including phenoxy) is 2. The van der Waals surface area contributed by atoms with Crippen molar-refractivity contribution in [2.24, 2.45) is 0 Å². The van der Waals surface area contributed by atoms with Crippen LogP contribution in [0.4, 0.5) is 0 Å². The van der Waals surface area contributed by atoms with Crippen LogP contribution in [0.15, 0.2) is 42.5 Å². The van der Waals surface area contributed by atoms with Crippen molar-refractivity contribution in [2.75, 3.05) is 6.61 Å². The maximum Gasteiger partial charge on any atom is 0.339 e. The van der Waals surface area contributed by atoms with Crippen molar-refractivity contribution in [3.05, 3.63) is 64.8 Å². The molecule has 0 aliphatic heterocycles. The summed E-state index contributed by atoms with van der Waals surface area (Å²) in [5, 5.41) is 0.997. The summed E-state index contributed by atoms with van der Waals surface area (Å²) < 4.78 is 11.7. The molecule has 0 fully saturated rings. The molecule has 0 aliphatic carbocycles. The van der Waals surface area contributed by atoms with Crippen LogP contribution >= 0.6 is 0 Å². The van der Waals surface area contributed by atoms with Crippen molar-refractivity contribution in [2.45, 2.75) is 60.2 Å². The Labute approximate surface area is 179 Å². The lowest BCUT2D eigenvalue weighted by Gasteiger charge is -2.29. The molecule has 3 aromatic rings. The van der Waals surface area contributed by atoms with E-state index in [4.69, 9.17) is 14.5 Å². The molecule has 0 saturated carbocycles. The Morgan fingerprint density at radius 2 is 1.70 bits per heavy atom. The number of rotatable bonds is 5. The van der Waals surface area contributed by atoms with Gasteiger partial charge in [0.25, 0.3) is 0 Å². The number of hydrogen-bond donors (Lipinski definition) is 0. The highest BCUT2D eigenvalue weighted by molar-refractivity contribution is 5.99. The van der Waals surface area contributed by atoms with Gasteiger partial charge in [-0.05, 0) is 77.3 Å². The lowest BCUT2D eigenvalue weighted by molar-refractivity contribution is -0.166. The van der Waals surface area contributed by atoms with E-state index in [0.717, 1.165) is 38.9 Å². The monoisotopic (exact) mass is 405 g/mol. The first-order valence-corrected chi connectivity index (χ1v) is 10.4. The zero-order valence-corrected chi connectivity index (χ0v) is 19.0. The average molecular weight is 406 g/mol. The fraction of sp³-hybridized carbons (Fsp3) is 0.385. The van der Waals surface area contributed by atoms with Crippen LogP contribution in [-0.4, -0.2) is 23.2 Å². The molecule has 158 valence electrons. The van der Waals surface area contributed by atoms with Gasteiger partial charge in [-0.3, -0.25) is 4.98 Å². The number of carbonyl (C=O) groups excluding carboxylic acids is 1. The van der Waals surface area contributed by atoms with E-state index < -0.39 is 11.7 Å². The molecule has 0 spiro atoms. The predicted molar refractivity (Wildman–Crippen MR) is 122 cm³/mol. The van der Waals surface area contributed by atoms with Gasteiger partial charge in [-0.1, -0.05) is 35.9 Å². The van der Waals surface area contributed by atoms with Crippen LogP contribution in [0.1, 0.15) is 56.2 Å². The summed E-state index contributed by atoms with van der Waals surface area (Å²) in [5.74, 6) is -0.372. The Morgan fingerprint density at radius 3 is 2.30 bits per heavy atom. The summed E-state index contributed by atoms with van der Waals surface area (Å²) in [6, 6.07) is 14.5. The number of pyridine rings is 1. The van der Waals surface area contributed by atoms with Crippen LogP contribution in [-0.2, 0) is 14.3 Å². The molecule has 3 rings (SSSR count). The maximum absolute atomic E-state index is 13.0. The van der Waals surface area contributed by atoms with Crippen molar-refractivity contribution >= 4 is 16.9 Å². The highest BCUT2D eigenvalue weighted by atomic mass is 16.6. The predicted octanol–water partition coefficient (Wildman–Crippen LogP) is 6.25. The average Bonchev–Trinajstić information content (AvgIpc) is 2.65. The van der Waals surface area contributed by atoms with E-state index in [2.05, 4.69) is 37.3 Å². The normalized spacial score (nSPS) is 12.8. The summed E-state index contributed by atoms with van der Waals surface area (Å²) in [4.78, 5) is 17.8. The van der Waals surface area contributed by atoms with Gasteiger partial charge in [-0.15, -0.1) is 0 Å². The lowest BCUT2D eigenvalue weighted by atomic mass is 9.88. The molecule has 1 heterocycles. The molecule has 0 N–H and O–H groups in total. The van der Waals surface area contributed by atoms with Crippen LogP contribution in [0, 0.1) is 20.8 Å². The number of esters is 1. The van der Waals surface area contributed by atoms with E-state index in [1.807, 2.05) is 53.7 Å². The molecule has 1 atom stereocenters. The molecule has 0 amide bonds. The molecule has 0 bridgehead atoms. The first kappa shape index (κ1) is 22.0. The molecule has 0 unspecified atom stereocenters. The maximum atomic E-state index is 13.0. The van der Waals surface area contributed by atoms with E-state index in [9.17, 15) is 4.79 Å². The molecule has 1 aromatic heterocycles. The van der Waals surface area contributed by atoms with Gasteiger partial charge < -0.3 is 9.47 Å². The van der Waals surface area contributed by atoms with E-state index in [0.29, 0.717) is 6.61 Å². The molecule has 2 aromatic carbocycles. The van der Waals surface area contributed by atoms with E-state index in [-0.39, 0.29) is 5.97 Å². The second-order valence-corrected chi connectivity index (χ2v) is 8.73. The van der Waals surface area contributed by atoms with E-state index >= 15 is 0 Å². The third-order valence-electron chi connectivity index (χ3n) is 4.96. The van der Waals surface area contributed by atoms with Gasteiger partial charge in [0.1, 0.15) is 0 Å². The number of benzene rings is 2. The van der Waals surface area contributed by atoms with Crippen molar-refractivity contribution in [3.63, 3.8) is 0 Å². The van der Waals surface area contributed by atoms with E-state index in [1.54, 1.807) is 0 Å². The fourth-order valence-corrected chi connectivity index (χ4v) is 3.69. The molecule has 30 heavy (non-hydrogen) atoms. The largest absolute Gasteiger partial charge is 0.464 e. The number of hydrogen-bond acceptors (Lipinski definition) is 4. The fourth-order valence-electron chi connectivity index (χ4n) is 3.69. The standard InChI is InChI=1S/C26H31NO3/c1-8-29-25(28)24(30-26(5,6)7)22-17(3)15-21-20(14-11-18(4)27-21)23(22)19-12-9-16(2)10-13-19/h9-15,24H,8H2,1-7H3/t24-/m0/s1. The smallest absolute Gasteiger partial charge is 0.339 e. The highest BCUT2D eigenvalue weighted by Crippen LogP contribution is 2.40. The quantitative estimate of drug-likeness (QED) is 0.471. The number of aromatic nitrogens is 1. The summed E-state index contributed by atoms with van der Waals surface area (Å²) in [7, 11) is 0. The van der Waals surface area contributed by atoms with Gasteiger partial charge in [0, 0.05) is 16.6 Å². The Bertz CT molecular complexity index is 1060. The summed E-state index contributed by atoms with van der Waals surface area (Å²) in [6.45, 7) is 14.0. The lowest BCUT2D eigenvalue weighted by Crippen LogP contribution is -2.29. The van der Waals surface area contributed by atoms with Crippen LogP contribution in [0.3, 0.4) is 0 Å². The Hall–Kier alpha value is -2.72. The molecular weight excluding hydrogens is 374 g/mol. The topological polar surface area (TPSA) is 48.4 Å². The number of aryl methyl sites for hydroxylation is 3. The zero-order chi connectivity index (χ0) is 22.1. The first-order valence-electron chi connectivity index (χ1n) is 10.4. The van der Waals surface area contributed by atoms with Gasteiger partial charge in [0.2, 0.25) is 0 Å². The second-order valence-electron chi connectivity index (χ2n) is 8.73. The first-order chi connectivity index (χ1) is 14.1. The summed E-state index contributed by atoms with van der Waals surface area (Å²) >= 11 is 0. The molecule has 0 saturated heterocycles. The van der Waals surface area contributed by atoms with Crippen molar-refractivity contribution in [1.29, 1.82) is 0 Å². The highest BCUT2D eigenvalue weighted by Gasteiger charge is 2.32. The van der Waals surface area contributed by atoms with Crippen molar-refractivity contribution in [3.8, 4) is 11.1 Å². The van der Waals surface area contributed by atoms with Crippen LogP contribution in [0.5, 0.6) is 0 Å². The molecule has 4 nitrogen and oxygen atoms in total. The Morgan fingerprint density at radius 1 is 1.03 bits per heavy atom. The number of carbonyl (C=O) groups is 1. The third kappa shape index (κ3) is 4.71. The van der Waals surface area contributed by atoms with Gasteiger partial charge in [-0.25, -0.2) is 4.79 Å². The Balaban J connectivity index is 2.37. The minimum absolute atomic E-state index is 0.302. The van der Waals surface area contributed by atoms with Gasteiger partial charge in [-0.2, -0.15) is 0 Å². The zero-order valence-electron chi connectivity index (χ0n) is 19.0. The minimum Gasteiger partial charge on any atom is -0.464 e. The second kappa shape index (κ2) is 8.57. The molecular formula is C26H31NO3.